The zero-order valence-corrected chi connectivity index (χ0v) is 15.0. The molecule has 0 aromatic rings. The number of carbonyl (C=O) groups is 3. The lowest BCUT2D eigenvalue weighted by Crippen LogP contribution is -2.55. The monoisotopic (exact) mass is 351 g/mol. The van der Waals surface area contributed by atoms with Crippen molar-refractivity contribution in [1.29, 1.82) is 0 Å². The molecule has 25 heavy (non-hydrogen) atoms. The van der Waals surface area contributed by atoms with E-state index in [1.165, 1.54) is 17.7 Å². The average molecular weight is 351 g/mol. The minimum absolute atomic E-state index is 0.103. The molecule has 8 nitrogen and oxygen atoms in total. The van der Waals surface area contributed by atoms with Gasteiger partial charge in [0.1, 0.15) is 0 Å². The van der Waals surface area contributed by atoms with E-state index in [1.54, 1.807) is 0 Å². The highest BCUT2D eigenvalue weighted by molar-refractivity contribution is 6.01. The number of nitrogens with zero attached hydrogens (tertiary/aromatic N) is 3. The quantitative estimate of drug-likeness (QED) is 0.636. The molecule has 2 aliphatic heterocycles. The standard InChI is InChI=1S/C17H29N5O3/c1-13(16(24)19-14-4-2-3-5-14)21-9-6-20(7-10-21)8-11-22-15(23)12-18-17(22)25/h13-14H,2-12H2,1H3,(H,18,25)(H,19,24). The van der Waals surface area contributed by atoms with Gasteiger partial charge in [0.2, 0.25) is 11.8 Å². The first-order valence-corrected chi connectivity index (χ1v) is 9.39. The van der Waals surface area contributed by atoms with Gasteiger partial charge >= 0.3 is 6.03 Å². The number of nitrogens with one attached hydrogen (secondary N) is 2. The van der Waals surface area contributed by atoms with Gasteiger partial charge < -0.3 is 10.6 Å². The van der Waals surface area contributed by atoms with E-state index in [0.717, 1.165) is 39.0 Å². The minimum atomic E-state index is -0.291. The third-order valence-corrected chi connectivity index (χ3v) is 5.61. The van der Waals surface area contributed by atoms with Crippen molar-refractivity contribution in [1.82, 2.24) is 25.3 Å². The van der Waals surface area contributed by atoms with Gasteiger partial charge in [-0.15, -0.1) is 0 Å². The molecule has 1 unspecified atom stereocenters. The molecule has 8 heteroatoms. The van der Waals surface area contributed by atoms with Crippen molar-refractivity contribution in [3.05, 3.63) is 0 Å². The molecule has 2 N–H and O–H groups in total. The van der Waals surface area contributed by atoms with Crippen LogP contribution in [0.2, 0.25) is 0 Å². The maximum atomic E-state index is 12.4. The van der Waals surface area contributed by atoms with Crippen LogP contribution in [0.5, 0.6) is 0 Å². The van der Waals surface area contributed by atoms with Crippen LogP contribution in [-0.2, 0) is 9.59 Å². The number of hydrogen-bond acceptors (Lipinski definition) is 5. The second-order valence-corrected chi connectivity index (χ2v) is 7.25. The summed E-state index contributed by atoms with van der Waals surface area (Å²) in [5, 5.41) is 5.71. The molecule has 1 atom stereocenters. The van der Waals surface area contributed by atoms with E-state index >= 15 is 0 Å². The maximum Gasteiger partial charge on any atom is 0.324 e. The van der Waals surface area contributed by atoms with Crippen molar-refractivity contribution in [2.24, 2.45) is 0 Å². The van der Waals surface area contributed by atoms with Crippen molar-refractivity contribution in [2.75, 3.05) is 45.8 Å². The fraction of sp³-hybridized carbons (Fsp3) is 0.824. The van der Waals surface area contributed by atoms with Gasteiger partial charge in [-0.05, 0) is 19.8 Å². The predicted octanol–water partition coefficient (Wildman–Crippen LogP) is -0.397. The largest absolute Gasteiger partial charge is 0.352 e. The lowest BCUT2D eigenvalue weighted by Gasteiger charge is -2.38. The zero-order chi connectivity index (χ0) is 17.8. The lowest BCUT2D eigenvalue weighted by atomic mass is 10.2. The van der Waals surface area contributed by atoms with E-state index in [2.05, 4.69) is 20.4 Å². The van der Waals surface area contributed by atoms with Crippen LogP contribution in [0.4, 0.5) is 4.79 Å². The third-order valence-electron chi connectivity index (χ3n) is 5.61. The van der Waals surface area contributed by atoms with Gasteiger partial charge in [0.15, 0.2) is 0 Å². The topological polar surface area (TPSA) is 85.0 Å². The summed E-state index contributed by atoms with van der Waals surface area (Å²) in [4.78, 5) is 41.3. The summed E-state index contributed by atoms with van der Waals surface area (Å²) in [6.45, 7) is 6.58. The number of hydrogen-bond donors (Lipinski definition) is 2. The van der Waals surface area contributed by atoms with Crippen LogP contribution >= 0.6 is 0 Å². The van der Waals surface area contributed by atoms with E-state index in [4.69, 9.17) is 0 Å². The van der Waals surface area contributed by atoms with Gasteiger partial charge in [0, 0.05) is 45.3 Å². The van der Waals surface area contributed by atoms with Gasteiger partial charge in [-0.1, -0.05) is 12.8 Å². The highest BCUT2D eigenvalue weighted by Gasteiger charge is 2.30. The molecule has 1 aliphatic carbocycles. The first kappa shape index (κ1) is 18.1. The van der Waals surface area contributed by atoms with Crippen LogP contribution in [0.15, 0.2) is 0 Å². The van der Waals surface area contributed by atoms with Crippen LogP contribution in [0, 0.1) is 0 Å². The fourth-order valence-electron chi connectivity index (χ4n) is 3.86. The van der Waals surface area contributed by atoms with Gasteiger partial charge in [0.05, 0.1) is 12.6 Å². The van der Waals surface area contributed by atoms with Crippen molar-refractivity contribution in [3.63, 3.8) is 0 Å². The number of urea groups is 1. The maximum absolute atomic E-state index is 12.4. The second-order valence-electron chi connectivity index (χ2n) is 7.25. The van der Waals surface area contributed by atoms with E-state index in [1.807, 2.05) is 6.92 Å². The molecule has 3 fully saturated rings. The summed E-state index contributed by atoms with van der Waals surface area (Å²) in [6, 6.07) is -0.0325. The number of amides is 4. The Hall–Kier alpha value is -1.67. The molecule has 2 saturated heterocycles. The minimum Gasteiger partial charge on any atom is -0.352 e. The molecule has 1 saturated carbocycles. The van der Waals surface area contributed by atoms with Crippen molar-refractivity contribution < 1.29 is 14.4 Å². The number of imide groups is 1. The Morgan fingerprint density at radius 1 is 1.16 bits per heavy atom. The Bertz CT molecular complexity index is 496. The number of piperazine rings is 1. The Kier molecular flexibility index (Phi) is 5.90. The van der Waals surface area contributed by atoms with Crippen molar-refractivity contribution in [2.45, 2.75) is 44.7 Å². The van der Waals surface area contributed by atoms with E-state index in [0.29, 0.717) is 19.1 Å². The van der Waals surface area contributed by atoms with Gasteiger partial charge in [0.25, 0.3) is 0 Å². The molecule has 0 radical (unpaired) electrons. The Balaban J connectivity index is 1.38. The van der Waals surface area contributed by atoms with Gasteiger partial charge in [-0.3, -0.25) is 24.3 Å². The molecular weight excluding hydrogens is 322 g/mol. The molecular formula is C17H29N5O3. The smallest absolute Gasteiger partial charge is 0.324 e. The molecule has 2 heterocycles. The molecule has 0 aromatic heterocycles. The second kappa shape index (κ2) is 8.14. The van der Waals surface area contributed by atoms with E-state index < -0.39 is 0 Å². The molecule has 140 valence electrons. The Morgan fingerprint density at radius 3 is 2.44 bits per heavy atom. The van der Waals surface area contributed by atoms with Crippen LogP contribution in [-0.4, -0.2) is 90.4 Å². The lowest BCUT2D eigenvalue weighted by molar-refractivity contribution is -0.128. The summed E-state index contributed by atoms with van der Waals surface area (Å²) in [6.07, 6.45) is 4.65. The van der Waals surface area contributed by atoms with Crippen molar-refractivity contribution in [3.8, 4) is 0 Å². The third kappa shape index (κ3) is 4.49. The molecule has 3 aliphatic rings. The van der Waals surface area contributed by atoms with Crippen LogP contribution in [0.3, 0.4) is 0 Å². The molecule has 0 spiro atoms. The van der Waals surface area contributed by atoms with Gasteiger partial charge in [-0.2, -0.15) is 0 Å². The number of rotatable bonds is 6. The first-order chi connectivity index (χ1) is 12.0. The molecule has 0 aromatic carbocycles. The highest BCUT2D eigenvalue weighted by Crippen LogP contribution is 2.18. The molecule has 4 amide bonds. The van der Waals surface area contributed by atoms with E-state index in [9.17, 15) is 14.4 Å². The summed E-state index contributed by atoms with van der Waals surface area (Å²) >= 11 is 0. The summed E-state index contributed by atoms with van der Waals surface area (Å²) in [5.41, 5.74) is 0. The molecule has 0 bridgehead atoms. The Labute approximate surface area is 148 Å². The van der Waals surface area contributed by atoms with Crippen molar-refractivity contribution >= 4 is 17.8 Å². The number of carbonyl (C=O) groups excluding carboxylic acids is 3. The van der Waals surface area contributed by atoms with Crippen LogP contribution in [0.1, 0.15) is 32.6 Å². The predicted molar refractivity (Wildman–Crippen MR) is 93.0 cm³/mol. The molecule has 3 rings (SSSR count). The summed E-state index contributed by atoms with van der Waals surface area (Å²) in [5.74, 6) is -0.0134. The summed E-state index contributed by atoms with van der Waals surface area (Å²) in [7, 11) is 0. The van der Waals surface area contributed by atoms with Crippen LogP contribution in [0.25, 0.3) is 0 Å². The summed E-state index contributed by atoms with van der Waals surface area (Å²) < 4.78 is 0. The average Bonchev–Trinajstić information content (AvgIpc) is 3.23. The van der Waals surface area contributed by atoms with E-state index in [-0.39, 0.29) is 30.4 Å². The fourth-order valence-corrected chi connectivity index (χ4v) is 3.86. The van der Waals surface area contributed by atoms with Crippen LogP contribution < -0.4 is 10.6 Å². The SMILES string of the molecule is CC(C(=O)NC1CCCC1)N1CCN(CCN2C(=O)CNC2=O)CC1. The zero-order valence-electron chi connectivity index (χ0n) is 15.0. The normalized spacial score (nSPS) is 24.6. The highest BCUT2D eigenvalue weighted by atomic mass is 16.2. The Morgan fingerprint density at radius 2 is 1.84 bits per heavy atom. The van der Waals surface area contributed by atoms with Gasteiger partial charge in [-0.25, -0.2) is 4.79 Å². The first-order valence-electron chi connectivity index (χ1n) is 9.39.